The van der Waals surface area contributed by atoms with Crippen LogP contribution in [0.5, 0.6) is 0 Å². The fraction of sp³-hybridized carbons (Fsp3) is 0.444. The van der Waals surface area contributed by atoms with Crippen molar-refractivity contribution in [3.63, 3.8) is 0 Å². The first-order chi connectivity index (χ1) is 10.5. The maximum absolute atomic E-state index is 10.2. The molecule has 0 atom stereocenters. The van der Waals surface area contributed by atoms with Gasteiger partial charge in [0.15, 0.2) is 0 Å². The van der Waals surface area contributed by atoms with Crippen molar-refractivity contribution in [2.75, 3.05) is 11.4 Å². The summed E-state index contributed by atoms with van der Waals surface area (Å²) in [5, 5.41) is 10.2. The summed E-state index contributed by atoms with van der Waals surface area (Å²) in [5.41, 5.74) is 0.428. The molecule has 1 heterocycles. The van der Waals surface area contributed by atoms with Gasteiger partial charge in [0.25, 0.3) is 0 Å². The van der Waals surface area contributed by atoms with Crippen LogP contribution >= 0.6 is 0 Å². The molecule has 4 nitrogen and oxygen atoms in total. The lowest BCUT2D eigenvalue weighted by molar-refractivity contribution is 0.0868. The van der Waals surface area contributed by atoms with Crippen LogP contribution in [0.25, 0.3) is 0 Å². The third-order valence-corrected chi connectivity index (χ3v) is 3.72. The lowest BCUT2D eigenvalue weighted by Gasteiger charge is -2.30. The molecule has 0 spiro atoms. The summed E-state index contributed by atoms with van der Waals surface area (Å²) in [7, 11) is 0. The van der Waals surface area contributed by atoms with E-state index in [0.29, 0.717) is 12.5 Å². The Morgan fingerprint density at radius 3 is 2.55 bits per heavy atom. The van der Waals surface area contributed by atoms with Crippen LogP contribution in [0.2, 0.25) is 0 Å². The summed E-state index contributed by atoms with van der Waals surface area (Å²) >= 11 is 0. The highest BCUT2D eigenvalue weighted by Crippen LogP contribution is 2.38. The second-order valence-corrected chi connectivity index (χ2v) is 6.70. The zero-order chi connectivity index (χ0) is 15.6. The number of rotatable bonds is 6. The van der Waals surface area contributed by atoms with Crippen molar-refractivity contribution < 1.29 is 5.11 Å². The average molecular weight is 297 g/mol. The molecule has 1 N–H and O–H groups in total. The van der Waals surface area contributed by atoms with Gasteiger partial charge >= 0.3 is 0 Å². The molecule has 4 heteroatoms. The van der Waals surface area contributed by atoms with E-state index in [9.17, 15) is 5.11 Å². The minimum absolute atomic E-state index is 0.528. The smallest absolute Gasteiger partial charge is 0.133 e. The van der Waals surface area contributed by atoms with Gasteiger partial charge in [-0.25, -0.2) is 9.97 Å². The molecule has 0 amide bonds. The van der Waals surface area contributed by atoms with E-state index in [-0.39, 0.29) is 0 Å². The van der Waals surface area contributed by atoms with Gasteiger partial charge in [-0.05, 0) is 38.3 Å². The molecule has 1 aliphatic rings. The van der Waals surface area contributed by atoms with E-state index in [1.807, 2.05) is 44.3 Å². The van der Waals surface area contributed by atoms with E-state index >= 15 is 0 Å². The lowest BCUT2D eigenvalue weighted by atomic mass is 10.1. The number of benzene rings is 1. The van der Waals surface area contributed by atoms with Crippen LogP contribution < -0.4 is 4.90 Å². The molecule has 0 aliphatic heterocycles. The predicted molar refractivity (Wildman–Crippen MR) is 87.8 cm³/mol. The Hall–Kier alpha value is -1.94. The van der Waals surface area contributed by atoms with Gasteiger partial charge in [-0.3, -0.25) is 0 Å². The normalized spacial score (nSPS) is 14.9. The molecule has 0 radical (unpaired) electrons. The summed E-state index contributed by atoms with van der Waals surface area (Å²) in [5.74, 6) is 2.36. The molecular weight excluding hydrogens is 274 g/mol. The fourth-order valence-corrected chi connectivity index (χ4v) is 2.57. The molecule has 0 unspecified atom stereocenters. The van der Waals surface area contributed by atoms with Gasteiger partial charge in [-0.2, -0.15) is 0 Å². The van der Waals surface area contributed by atoms with Crippen LogP contribution in [0.4, 0.5) is 5.82 Å². The first-order valence-corrected chi connectivity index (χ1v) is 7.85. The third kappa shape index (κ3) is 4.04. The topological polar surface area (TPSA) is 49.2 Å². The van der Waals surface area contributed by atoms with Gasteiger partial charge in [-0.15, -0.1) is 0 Å². The van der Waals surface area contributed by atoms with E-state index in [2.05, 4.69) is 22.0 Å². The van der Waals surface area contributed by atoms with Crippen LogP contribution in [0, 0.1) is 0 Å². The molecule has 3 rings (SSSR count). The highest BCUT2D eigenvalue weighted by Gasteiger charge is 2.27. The second-order valence-electron chi connectivity index (χ2n) is 6.70. The van der Waals surface area contributed by atoms with Gasteiger partial charge in [0.05, 0.1) is 5.60 Å². The summed E-state index contributed by atoms with van der Waals surface area (Å²) in [4.78, 5) is 11.2. The second kappa shape index (κ2) is 6.05. The Bertz CT molecular complexity index is 618. The van der Waals surface area contributed by atoms with Gasteiger partial charge in [-0.1, -0.05) is 30.3 Å². The van der Waals surface area contributed by atoms with E-state index in [1.54, 1.807) is 0 Å². The zero-order valence-corrected chi connectivity index (χ0v) is 13.2. The number of aliphatic hydroxyl groups is 1. The molecule has 116 valence electrons. The predicted octanol–water partition coefficient (Wildman–Crippen LogP) is 3.13. The average Bonchev–Trinajstić information content (AvgIpc) is 3.31. The SMILES string of the molecule is CC(C)(O)CN(Cc1ccccc1)c1ccnc(C2CC2)n1. The quantitative estimate of drug-likeness (QED) is 0.890. The summed E-state index contributed by atoms with van der Waals surface area (Å²) in [6.07, 6.45) is 4.21. The maximum Gasteiger partial charge on any atom is 0.133 e. The molecule has 0 saturated heterocycles. The largest absolute Gasteiger partial charge is 0.389 e. The van der Waals surface area contributed by atoms with Crippen molar-refractivity contribution in [1.29, 1.82) is 0 Å². The lowest BCUT2D eigenvalue weighted by Crippen LogP contribution is -2.38. The van der Waals surface area contributed by atoms with Gasteiger partial charge in [0.1, 0.15) is 11.6 Å². The Balaban J connectivity index is 1.85. The molecule has 1 aliphatic carbocycles. The summed E-state index contributed by atoms with van der Waals surface area (Å²) < 4.78 is 0. The number of nitrogens with zero attached hydrogens (tertiary/aromatic N) is 3. The molecule has 1 fully saturated rings. The van der Waals surface area contributed by atoms with E-state index in [0.717, 1.165) is 18.2 Å². The van der Waals surface area contributed by atoms with Crippen molar-refractivity contribution >= 4 is 5.82 Å². The molecule has 2 aromatic rings. The van der Waals surface area contributed by atoms with Crippen molar-refractivity contribution in [3.8, 4) is 0 Å². The van der Waals surface area contributed by atoms with Crippen LogP contribution in [-0.2, 0) is 6.54 Å². The van der Waals surface area contributed by atoms with Crippen LogP contribution in [-0.4, -0.2) is 27.2 Å². The highest BCUT2D eigenvalue weighted by atomic mass is 16.3. The molecule has 1 saturated carbocycles. The van der Waals surface area contributed by atoms with E-state index in [1.165, 1.54) is 18.4 Å². The molecule has 1 aromatic carbocycles. The first kappa shape index (κ1) is 15.0. The van der Waals surface area contributed by atoms with Gasteiger partial charge < -0.3 is 10.0 Å². The van der Waals surface area contributed by atoms with Crippen molar-refractivity contribution in [3.05, 3.63) is 54.0 Å². The van der Waals surface area contributed by atoms with Gasteiger partial charge in [0.2, 0.25) is 0 Å². The number of anilines is 1. The van der Waals surface area contributed by atoms with Crippen molar-refractivity contribution in [2.45, 2.75) is 44.8 Å². The van der Waals surface area contributed by atoms with E-state index in [4.69, 9.17) is 4.98 Å². The molecule has 22 heavy (non-hydrogen) atoms. The minimum atomic E-state index is -0.778. The maximum atomic E-state index is 10.2. The first-order valence-electron chi connectivity index (χ1n) is 7.85. The monoisotopic (exact) mass is 297 g/mol. The third-order valence-electron chi connectivity index (χ3n) is 3.72. The zero-order valence-electron chi connectivity index (χ0n) is 13.2. The van der Waals surface area contributed by atoms with Crippen LogP contribution in [0.15, 0.2) is 42.6 Å². The molecule has 0 bridgehead atoms. The Labute approximate surface area is 131 Å². The fourth-order valence-electron chi connectivity index (χ4n) is 2.57. The molecular formula is C18H23N3O. The summed E-state index contributed by atoms with van der Waals surface area (Å²) in [6.45, 7) is 4.91. The number of hydrogen-bond acceptors (Lipinski definition) is 4. The Morgan fingerprint density at radius 2 is 1.91 bits per heavy atom. The highest BCUT2D eigenvalue weighted by molar-refractivity contribution is 5.40. The number of aromatic nitrogens is 2. The number of hydrogen-bond donors (Lipinski definition) is 1. The minimum Gasteiger partial charge on any atom is -0.389 e. The molecule has 1 aromatic heterocycles. The standard InChI is InChI=1S/C18H23N3O/c1-18(2,22)13-21(12-14-6-4-3-5-7-14)16-10-11-19-17(20-16)15-8-9-15/h3-7,10-11,15,22H,8-9,12-13H2,1-2H3. The Morgan fingerprint density at radius 1 is 1.18 bits per heavy atom. The van der Waals surface area contributed by atoms with Crippen LogP contribution in [0.1, 0.15) is 44.0 Å². The van der Waals surface area contributed by atoms with Crippen molar-refractivity contribution in [1.82, 2.24) is 9.97 Å². The van der Waals surface area contributed by atoms with Gasteiger partial charge in [0, 0.05) is 25.2 Å². The summed E-state index contributed by atoms with van der Waals surface area (Å²) in [6, 6.07) is 12.2. The van der Waals surface area contributed by atoms with Crippen molar-refractivity contribution in [2.24, 2.45) is 0 Å². The van der Waals surface area contributed by atoms with Crippen LogP contribution in [0.3, 0.4) is 0 Å². The van der Waals surface area contributed by atoms with E-state index < -0.39 is 5.60 Å². The Kier molecular flexibility index (Phi) is 4.12.